The summed E-state index contributed by atoms with van der Waals surface area (Å²) >= 11 is 0. The summed E-state index contributed by atoms with van der Waals surface area (Å²) < 4.78 is 11.3. The van der Waals surface area contributed by atoms with E-state index in [-0.39, 0.29) is 6.10 Å². The molecule has 0 radical (unpaired) electrons. The molecule has 1 aliphatic heterocycles. The second kappa shape index (κ2) is 12.2. The maximum Gasteiger partial charge on any atom is 0.186 e. The summed E-state index contributed by atoms with van der Waals surface area (Å²) in [5, 5.41) is 38.9. The molecule has 0 aromatic rings. The van der Waals surface area contributed by atoms with Crippen LogP contribution in [0.15, 0.2) is 0 Å². The van der Waals surface area contributed by atoms with Gasteiger partial charge in [0.15, 0.2) is 6.29 Å². The molecule has 24 heavy (non-hydrogen) atoms. The first-order valence-corrected chi connectivity index (χ1v) is 9.51. The van der Waals surface area contributed by atoms with Crippen molar-refractivity contribution in [3.63, 3.8) is 0 Å². The van der Waals surface area contributed by atoms with Gasteiger partial charge >= 0.3 is 0 Å². The summed E-state index contributed by atoms with van der Waals surface area (Å²) in [5.74, 6) is 0. The molecule has 1 heterocycles. The van der Waals surface area contributed by atoms with E-state index in [0.717, 1.165) is 32.1 Å². The van der Waals surface area contributed by atoms with Crippen molar-refractivity contribution in [3.8, 4) is 0 Å². The molecule has 0 saturated carbocycles. The smallest absolute Gasteiger partial charge is 0.186 e. The summed E-state index contributed by atoms with van der Waals surface area (Å²) in [5.41, 5.74) is 0. The van der Waals surface area contributed by atoms with Gasteiger partial charge in [0, 0.05) is 0 Å². The number of aliphatic hydroxyl groups is 4. The fourth-order valence-electron chi connectivity index (χ4n) is 3.12. The predicted octanol–water partition coefficient (Wildman–Crippen LogP) is 1.72. The summed E-state index contributed by atoms with van der Waals surface area (Å²) in [6, 6.07) is 0. The Labute approximate surface area is 145 Å². The second-order valence-corrected chi connectivity index (χ2v) is 6.80. The first-order chi connectivity index (χ1) is 11.5. The van der Waals surface area contributed by atoms with Crippen molar-refractivity contribution in [2.45, 2.75) is 108 Å². The van der Waals surface area contributed by atoms with Crippen LogP contribution in [0.3, 0.4) is 0 Å². The van der Waals surface area contributed by atoms with Gasteiger partial charge in [0.05, 0.1) is 12.7 Å². The van der Waals surface area contributed by atoms with Crippen LogP contribution in [0.1, 0.15) is 71.6 Å². The quantitative estimate of drug-likeness (QED) is 0.401. The minimum absolute atomic E-state index is 0.0531. The number of ether oxygens (including phenoxy) is 2. The van der Waals surface area contributed by atoms with Gasteiger partial charge in [-0.15, -0.1) is 0 Å². The third kappa shape index (κ3) is 6.94. The van der Waals surface area contributed by atoms with E-state index in [9.17, 15) is 20.4 Å². The lowest BCUT2D eigenvalue weighted by Gasteiger charge is -2.41. The molecule has 0 aliphatic carbocycles. The molecule has 0 bridgehead atoms. The van der Waals surface area contributed by atoms with Crippen LogP contribution in [0.5, 0.6) is 0 Å². The van der Waals surface area contributed by atoms with E-state index in [1.165, 1.54) is 25.7 Å². The van der Waals surface area contributed by atoms with Crippen molar-refractivity contribution in [2.75, 3.05) is 6.61 Å². The van der Waals surface area contributed by atoms with Crippen LogP contribution in [0.4, 0.5) is 0 Å². The van der Waals surface area contributed by atoms with Gasteiger partial charge in [-0.2, -0.15) is 0 Å². The fourth-order valence-corrected chi connectivity index (χ4v) is 3.12. The van der Waals surface area contributed by atoms with Crippen LogP contribution in [0.25, 0.3) is 0 Å². The van der Waals surface area contributed by atoms with Crippen LogP contribution in [0, 0.1) is 0 Å². The lowest BCUT2D eigenvalue weighted by atomic mass is 9.99. The molecule has 1 rings (SSSR count). The topological polar surface area (TPSA) is 99.4 Å². The van der Waals surface area contributed by atoms with Crippen molar-refractivity contribution in [1.29, 1.82) is 0 Å². The Morgan fingerprint density at radius 1 is 0.833 bits per heavy atom. The highest BCUT2D eigenvalue weighted by molar-refractivity contribution is 4.89. The van der Waals surface area contributed by atoms with Crippen molar-refractivity contribution >= 4 is 0 Å². The minimum atomic E-state index is -1.38. The second-order valence-electron chi connectivity index (χ2n) is 6.80. The van der Waals surface area contributed by atoms with E-state index in [2.05, 4.69) is 13.8 Å². The number of hydrogen-bond donors (Lipinski definition) is 4. The zero-order chi connectivity index (χ0) is 17.9. The predicted molar refractivity (Wildman–Crippen MR) is 91.5 cm³/mol. The molecule has 0 aromatic carbocycles. The van der Waals surface area contributed by atoms with Crippen LogP contribution in [-0.2, 0) is 9.47 Å². The molecule has 4 N–H and O–H groups in total. The maximum absolute atomic E-state index is 10.1. The average Bonchev–Trinajstić information content (AvgIpc) is 2.58. The van der Waals surface area contributed by atoms with E-state index in [4.69, 9.17) is 9.47 Å². The molecule has 0 aromatic heterocycles. The third-order valence-corrected chi connectivity index (χ3v) is 4.67. The number of unbranched alkanes of at least 4 members (excludes halogenated alkanes) is 5. The Bertz CT molecular complexity index is 312. The van der Waals surface area contributed by atoms with Crippen molar-refractivity contribution in [1.82, 2.24) is 0 Å². The summed E-state index contributed by atoms with van der Waals surface area (Å²) in [4.78, 5) is 0. The first-order valence-electron chi connectivity index (χ1n) is 9.51. The van der Waals surface area contributed by atoms with Gasteiger partial charge in [-0.25, -0.2) is 0 Å². The highest BCUT2D eigenvalue weighted by Crippen LogP contribution is 2.25. The van der Waals surface area contributed by atoms with E-state index in [0.29, 0.717) is 0 Å². The maximum atomic E-state index is 10.1. The van der Waals surface area contributed by atoms with Crippen molar-refractivity contribution in [3.05, 3.63) is 0 Å². The fraction of sp³-hybridized carbons (Fsp3) is 1.00. The highest BCUT2D eigenvalue weighted by Gasteiger charge is 2.44. The van der Waals surface area contributed by atoms with E-state index < -0.39 is 37.3 Å². The van der Waals surface area contributed by atoms with Gasteiger partial charge in [0.2, 0.25) is 0 Å². The van der Waals surface area contributed by atoms with Crippen molar-refractivity contribution < 1.29 is 29.9 Å². The lowest BCUT2D eigenvalue weighted by molar-refractivity contribution is -0.312. The molecule has 1 fully saturated rings. The van der Waals surface area contributed by atoms with Crippen LogP contribution >= 0.6 is 0 Å². The molecular formula is C18H36O6. The van der Waals surface area contributed by atoms with E-state index in [1.54, 1.807) is 0 Å². The number of hydrogen-bond acceptors (Lipinski definition) is 6. The Morgan fingerprint density at radius 2 is 1.50 bits per heavy atom. The Balaban J connectivity index is 2.44. The van der Waals surface area contributed by atoms with Gasteiger partial charge in [0.25, 0.3) is 0 Å². The summed E-state index contributed by atoms with van der Waals surface area (Å²) in [6.07, 6.45) is 3.91. The van der Waals surface area contributed by atoms with Gasteiger partial charge in [-0.3, -0.25) is 0 Å². The molecule has 0 spiro atoms. The molecular weight excluding hydrogens is 312 g/mol. The molecule has 6 nitrogen and oxygen atoms in total. The normalized spacial score (nSPS) is 32.0. The Morgan fingerprint density at radius 3 is 2.12 bits per heavy atom. The van der Waals surface area contributed by atoms with Crippen LogP contribution in [0.2, 0.25) is 0 Å². The first kappa shape index (κ1) is 21.8. The Hall–Kier alpha value is -0.240. The van der Waals surface area contributed by atoms with Gasteiger partial charge in [-0.1, -0.05) is 58.8 Å². The third-order valence-electron chi connectivity index (χ3n) is 4.67. The van der Waals surface area contributed by atoms with Gasteiger partial charge in [-0.05, 0) is 12.8 Å². The molecule has 2 unspecified atom stereocenters. The molecule has 0 amide bonds. The molecule has 6 atom stereocenters. The van der Waals surface area contributed by atoms with Crippen LogP contribution in [-0.4, -0.2) is 63.8 Å². The lowest BCUT2D eigenvalue weighted by Crippen LogP contribution is -2.59. The average molecular weight is 348 g/mol. The van der Waals surface area contributed by atoms with Crippen molar-refractivity contribution in [2.24, 2.45) is 0 Å². The molecule has 1 aliphatic rings. The Kier molecular flexibility index (Phi) is 11.1. The standard InChI is InChI=1S/C18H36O6/c1-3-5-6-7-8-9-11-13(10-4-2)23-18-17(22)16(21)15(20)14(12-19)24-18/h13-22H,3-12H2,1-2H3/t13?,14-,15-,16+,17-,18?/m1/s1. The summed E-state index contributed by atoms with van der Waals surface area (Å²) in [6.45, 7) is 3.84. The van der Waals surface area contributed by atoms with E-state index >= 15 is 0 Å². The molecule has 1 saturated heterocycles. The monoisotopic (exact) mass is 348 g/mol. The zero-order valence-electron chi connectivity index (χ0n) is 15.1. The van der Waals surface area contributed by atoms with Crippen LogP contribution < -0.4 is 0 Å². The summed E-state index contributed by atoms with van der Waals surface area (Å²) in [7, 11) is 0. The highest BCUT2D eigenvalue weighted by atomic mass is 16.7. The van der Waals surface area contributed by atoms with E-state index in [1.807, 2.05) is 0 Å². The minimum Gasteiger partial charge on any atom is -0.394 e. The number of rotatable bonds is 12. The SMILES string of the molecule is CCCCCCCCC(CCC)OC1O[C@H](CO)[C@@H](O)[C@H](O)[C@H]1O. The molecule has 144 valence electrons. The largest absolute Gasteiger partial charge is 0.394 e. The molecule has 6 heteroatoms. The number of aliphatic hydroxyl groups excluding tert-OH is 4. The zero-order valence-corrected chi connectivity index (χ0v) is 15.1. The van der Waals surface area contributed by atoms with Gasteiger partial charge in [0.1, 0.15) is 24.4 Å². The van der Waals surface area contributed by atoms with Gasteiger partial charge < -0.3 is 29.9 Å².